The van der Waals surface area contributed by atoms with Crippen molar-refractivity contribution in [2.75, 3.05) is 64.1 Å². The molecular weight excluding hydrogens is 689 g/mol. The lowest BCUT2D eigenvalue weighted by atomic mass is 9.99. The van der Waals surface area contributed by atoms with E-state index < -0.39 is 0 Å². The molecule has 2 saturated heterocycles. The number of aliphatic hydroxyl groups excluding tert-OH is 1. The Morgan fingerprint density at radius 3 is 2.45 bits per heavy atom. The molecule has 0 bridgehead atoms. The minimum atomic E-state index is -0.301. The highest BCUT2D eigenvalue weighted by atomic mass is 35.5. The number of fused-ring (bicyclic) bond motifs is 1. The van der Waals surface area contributed by atoms with Crippen molar-refractivity contribution >= 4 is 63.2 Å². The summed E-state index contributed by atoms with van der Waals surface area (Å²) in [6.07, 6.45) is 7.98. The van der Waals surface area contributed by atoms with E-state index in [4.69, 9.17) is 32.9 Å². The van der Waals surface area contributed by atoms with Gasteiger partial charge < -0.3 is 25.4 Å². The normalized spacial score (nSPS) is 18.3. The number of carbonyl (C=O) groups excluding carboxylic acids is 2. The topological polar surface area (TPSA) is 123 Å². The van der Waals surface area contributed by atoms with Gasteiger partial charge in [0.2, 0.25) is 0 Å². The number of likely N-dealkylation sites (N-methyl/N-ethyl adjacent to an activating group) is 1. The van der Waals surface area contributed by atoms with Crippen LogP contribution in [0, 0.1) is 5.92 Å². The molecule has 2 fully saturated rings. The number of pyridine rings is 2. The third kappa shape index (κ3) is 7.73. The van der Waals surface area contributed by atoms with E-state index in [2.05, 4.69) is 31.5 Å². The second-order valence-corrected chi connectivity index (χ2v) is 14.1. The maximum atomic E-state index is 13.5. The van der Waals surface area contributed by atoms with Crippen LogP contribution >= 0.6 is 23.2 Å². The number of nitrogens with zero attached hydrogens (tertiary/aromatic N) is 5. The van der Waals surface area contributed by atoms with E-state index in [1.807, 2.05) is 66.8 Å². The smallest absolute Gasteiger partial charge is 0.311 e. The summed E-state index contributed by atoms with van der Waals surface area (Å²) in [5.74, 6) is 0.0791. The molecule has 1 amide bonds. The Balaban J connectivity index is 1.06. The number of rotatable bonds is 10. The number of esters is 1. The van der Waals surface area contributed by atoms with Gasteiger partial charge in [-0.1, -0.05) is 47.5 Å². The van der Waals surface area contributed by atoms with Crippen LogP contribution in [0.5, 0.6) is 0 Å². The molecule has 0 radical (unpaired) electrons. The third-order valence-corrected chi connectivity index (χ3v) is 10.3. The zero-order chi connectivity index (χ0) is 35.6. The average molecular weight is 729 g/mol. The first-order valence-electron chi connectivity index (χ1n) is 16.9. The molecule has 3 N–H and O–H groups in total. The molecule has 51 heavy (non-hydrogen) atoms. The van der Waals surface area contributed by atoms with Gasteiger partial charge in [0.1, 0.15) is 5.52 Å². The number of hydrogen-bond acceptors (Lipinski definition) is 10. The van der Waals surface area contributed by atoms with Crippen molar-refractivity contribution in [2.45, 2.75) is 19.1 Å². The number of benzene rings is 2. The van der Waals surface area contributed by atoms with Gasteiger partial charge in [-0.05, 0) is 47.9 Å². The highest BCUT2D eigenvalue weighted by molar-refractivity contribution is 6.39. The molecule has 0 saturated carbocycles. The quantitative estimate of drug-likeness (QED) is 0.175. The molecule has 4 aromatic rings. The Bertz CT molecular complexity index is 2050. The number of β-amino-alcohol motifs (C(OH)–C–C–N with tert-alkyl or cyclic N) is 1. The van der Waals surface area contributed by atoms with Crippen LogP contribution in [0.4, 0.5) is 17.2 Å². The van der Waals surface area contributed by atoms with Crippen molar-refractivity contribution < 1.29 is 19.4 Å². The highest BCUT2D eigenvalue weighted by Gasteiger charge is 2.33. The van der Waals surface area contributed by atoms with Crippen molar-refractivity contribution in [3.05, 3.63) is 100.0 Å². The lowest BCUT2D eigenvalue weighted by Crippen LogP contribution is -2.49. The van der Waals surface area contributed by atoms with Crippen LogP contribution in [0.1, 0.15) is 12.0 Å². The number of nitrogens with one attached hydrogen (secondary N) is 2. The molecule has 13 heteroatoms. The first kappa shape index (κ1) is 34.9. The SMILES string of the molecule is COC(=O)C1CN(Cc2cnc3c(Nc4cccc(-c5cccc(NC(=O)C6=CC(CN7CC[C@@H](O)C7)=CN(C)C6)c5Cl)c4Cl)nccc3c2)C1. The molecule has 0 aliphatic carbocycles. The molecule has 2 aromatic heterocycles. The molecular formula is C38H39Cl2N7O4. The molecule has 5 heterocycles. The number of ether oxygens (including phenoxy) is 1. The number of methoxy groups -OCH3 is 1. The number of amides is 1. The van der Waals surface area contributed by atoms with Gasteiger partial charge in [-0.25, -0.2) is 4.98 Å². The second kappa shape index (κ2) is 15.0. The van der Waals surface area contributed by atoms with Crippen LogP contribution in [-0.2, 0) is 20.9 Å². The number of aliphatic hydroxyl groups is 1. The predicted octanol–water partition coefficient (Wildman–Crippen LogP) is 5.71. The average Bonchev–Trinajstić information content (AvgIpc) is 3.51. The summed E-state index contributed by atoms with van der Waals surface area (Å²) >= 11 is 14.0. The Hall–Kier alpha value is -4.52. The van der Waals surface area contributed by atoms with E-state index in [-0.39, 0.29) is 23.9 Å². The summed E-state index contributed by atoms with van der Waals surface area (Å²) in [7, 11) is 3.36. The number of halogens is 2. The van der Waals surface area contributed by atoms with Crippen molar-refractivity contribution in [1.82, 2.24) is 24.7 Å². The van der Waals surface area contributed by atoms with Gasteiger partial charge >= 0.3 is 5.97 Å². The van der Waals surface area contributed by atoms with E-state index >= 15 is 0 Å². The second-order valence-electron chi connectivity index (χ2n) is 13.4. The van der Waals surface area contributed by atoms with Crippen molar-refractivity contribution in [3.8, 4) is 11.1 Å². The lowest BCUT2D eigenvalue weighted by molar-refractivity contribution is -0.151. The van der Waals surface area contributed by atoms with Gasteiger partial charge in [-0.2, -0.15) is 0 Å². The van der Waals surface area contributed by atoms with E-state index in [0.29, 0.717) is 88.7 Å². The van der Waals surface area contributed by atoms with E-state index in [1.54, 1.807) is 12.3 Å². The fourth-order valence-corrected chi connectivity index (χ4v) is 7.45. The molecule has 0 spiro atoms. The zero-order valence-electron chi connectivity index (χ0n) is 28.4. The number of hydrogen-bond donors (Lipinski definition) is 3. The molecule has 11 nitrogen and oxygen atoms in total. The van der Waals surface area contributed by atoms with Gasteiger partial charge in [0.05, 0.1) is 40.6 Å². The molecule has 1 atom stereocenters. The number of aromatic nitrogens is 2. The molecule has 264 valence electrons. The van der Waals surface area contributed by atoms with Gasteiger partial charge in [0, 0.05) is 93.5 Å². The van der Waals surface area contributed by atoms with Gasteiger partial charge in [0.15, 0.2) is 5.82 Å². The summed E-state index contributed by atoms with van der Waals surface area (Å²) < 4.78 is 4.85. The number of likely N-dealkylation sites (tertiary alicyclic amines) is 2. The Morgan fingerprint density at radius 1 is 0.980 bits per heavy atom. The van der Waals surface area contributed by atoms with Gasteiger partial charge in [-0.15, -0.1) is 0 Å². The third-order valence-electron chi connectivity index (χ3n) is 9.45. The molecule has 0 unspecified atom stereocenters. The summed E-state index contributed by atoms with van der Waals surface area (Å²) in [6.45, 7) is 4.62. The Labute approximate surface area is 306 Å². The molecule has 3 aliphatic heterocycles. The van der Waals surface area contributed by atoms with Gasteiger partial charge in [0.25, 0.3) is 5.91 Å². The predicted molar refractivity (Wildman–Crippen MR) is 200 cm³/mol. The maximum absolute atomic E-state index is 13.5. The molecule has 2 aromatic carbocycles. The lowest BCUT2D eigenvalue weighted by Gasteiger charge is -2.37. The summed E-state index contributed by atoms with van der Waals surface area (Å²) in [6, 6.07) is 15.1. The van der Waals surface area contributed by atoms with E-state index in [9.17, 15) is 14.7 Å². The minimum absolute atomic E-state index is 0.0742. The standard InChI is InChI=1S/C38H39Cl2N7O4/c1-45-16-24(18-46-12-10-28(48)22-46)14-26(19-45)37(49)44-32-8-4-6-30(34(32)40)29-5-3-7-31(33(29)39)43-36-35-25(9-11-41-36)13-23(15-42-35)17-47-20-27(21-47)38(50)51-2/h3-9,11,13-16,27-28,48H,10,12,17-22H2,1-2H3,(H,41,43)(H,44,49)/t28-/m1/s1. The van der Waals surface area contributed by atoms with E-state index in [1.165, 1.54) is 7.11 Å². The highest BCUT2D eigenvalue weighted by Crippen LogP contribution is 2.41. The molecule has 7 rings (SSSR count). The van der Waals surface area contributed by atoms with Crippen molar-refractivity contribution in [1.29, 1.82) is 0 Å². The van der Waals surface area contributed by atoms with Crippen LogP contribution in [0.2, 0.25) is 10.0 Å². The maximum Gasteiger partial charge on any atom is 0.311 e. The van der Waals surface area contributed by atoms with Crippen LogP contribution in [0.15, 0.2) is 84.3 Å². The van der Waals surface area contributed by atoms with Crippen molar-refractivity contribution in [3.63, 3.8) is 0 Å². The first-order valence-corrected chi connectivity index (χ1v) is 17.6. The summed E-state index contributed by atoms with van der Waals surface area (Å²) in [5, 5.41) is 18.0. The fourth-order valence-electron chi connectivity index (χ4n) is 6.90. The Morgan fingerprint density at radius 2 is 1.73 bits per heavy atom. The summed E-state index contributed by atoms with van der Waals surface area (Å²) in [5.41, 5.74) is 5.82. The molecule has 3 aliphatic rings. The number of anilines is 3. The minimum Gasteiger partial charge on any atom is -0.469 e. The Kier molecular flexibility index (Phi) is 10.3. The van der Waals surface area contributed by atoms with Crippen LogP contribution < -0.4 is 10.6 Å². The summed E-state index contributed by atoms with van der Waals surface area (Å²) in [4.78, 5) is 40.9. The fraction of sp³-hybridized carbons (Fsp3) is 0.316. The largest absolute Gasteiger partial charge is 0.469 e. The first-order chi connectivity index (χ1) is 24.6. The monoisotopic (exact) mass is 727 g/mol. The van der Waals surface area contributed by atoms with Crippen LogP contribution in [0.3, 0.4) is 0 Å². The van der Waals surface area contributed by atoms with Gasteiger partial charge in [-0.3, -0.25) is 24.4 Å². The zero-order valence-corrected chi connectivity index (χ0v) is 29.9. The van der Waals surface area contributed by atoms with Crippen LogP contribution in [0.25, 0.3) is 22.0 Å². The van der Waals surface area contributed by atoms with E-state index in [0.717, 1.165) is 29.5 Å². The van der Waals surface area contributed by atoms with Crippen LogP contribution in [-0.4, -0.2) is 101 Å². The number of carbonyl (C=O) groups is 2. The van der Waals surface area contributed by atoms with Crippen molar-refractivity contribution in [2.24, 2.45) is 5.92 Å².